The monoisotopic (exact) mass is 437 g/mol. The van der Waals surface area contributed by atoms with Crippen molar-refractivity contribution in [1.82, 2.24) is 5.16 Å². The van der Waals surface area contributed by atoms with Gasteiger partial charge in [0.2, 0.25) is 10.0 Å². The van der Waals surface area contributed by atoms with E-state index in [-0.39, 0.29) is 11.6 Å². The fourth-order valence-electron chi connectivity index (χ4n) is 3.15. The van der Waals surface area contributed by atoms with Gasteiger partial charge in [-0.1, -0.05) is 35.5 Å². The van der Waals surface area contributed by atoms with Gasteiger partial charge in [0.15, 0.2) is 5.76 Å². The smallest absolute Gasteiger partial charge is 0.255 e. The molecule has 1 aromatic heterocycles. The van der Waals surface area contributed by atoms with Gasteiger partial charge < -0.3 is 14.6 Å². The van der Waals surface area contributed by atoms with Crippen LogP contribution in [-0.2, 0) is 10.0 Å². The highest BCUT2D eigenvalue weighted by Crippen LogP contribution is 2.31. The number of ether oxygens (including phenoxy) is 1. The van der Waals surface area contributed by atoms with Crippen LogP contribution in [0.2, 0.25) is 0 Å². The van der Waals surface area contributed by atoms with E-state index in [0.29, 0.717) is 33.7 Å². The zero-order chi connectivity index (χ0) is 22.0. The highest BCUT2D eigenvalue weighted by molar-refractivity contribution is 7.92. The van der Waals surface area contributed by atoms with E-state index in [1.54, 1.807) is 30.3 Å². The number of nitrogens with one attached hydrogen (secondary N) is 2. The van der Waals surface area contributed by atoms with Gasteiger partial charge in [-0.2, -0.15) is 0 Å². The third-order valence-corrected chi connectivity index (χ3v) is 5.12. The molecule has 9 heteroatoms. The van der Waals surface area contributed by atoms with Crippen molar-refractivity contribution in [2.45, 2.75) is 0 Å². The van der Waals surface area contributed by atoms with E-state index in [2.05, 4.69) is 15.2 Å². The zero-order valence-corrected chi connectivity index (χ0v) is 17.6. The van der Waals surface area contributed by atoms with Crippen LogP contribution in [-0.4, -0.2) is 32.8 Å². The summed E-state index contributed by atoms with van der Waals surface area (Å²) >= 11 is 0. The molecule has 0 unspecified atom stereocenters. The van der Waals surface area contributed by atoms with Crippen LogP contribution in [0.25, 0.3) is 22.2 Å². The van der Waals surface area contributed by atoms with Crippen molar-refractivity contribution in [3.63, 3.8) is 0 Å². The number of rotatable bonds is 6. The lowest BCUT2D eigenvalue weighted by Gasteiger charge is -2.12. The molecular weight excluding hydrogens is 418 g/mol. The van der Waals surface area contributed by atoms with Crippen LogP contribution in [0.4, 0.5) is 11.4 Å². The highest BCUT2D eigenvalue weighted by Gasteiger charge is 2.15. The summed E-state index contributed by atoms with van der Waals surface area (Å²) in [6, 6.07) is 19.3. The number of sulfonamides is 1. The molecule has 1 heterocycles. The topological polar surface area (TPSA) is 111 Å². The van der Waals surface area contributed by atoms with Gasteiger partial charge in [-0.3, -0.25) is 9.52 Å². The van der Waals surface area contributed by atoms with Crippen molar-refractivity contribution in [2.24, 2.45) is 0 Å². The van der Waals surface area contributed by atoms with Crippen LogP contribution in [0.3, 0.4) is 0 Å². The maximum atomic E-state index is 12.8. The fourth-order valence-corrected chi connectivity index (χ4v) is 3.71. The standard InChI is InChI=1S/C22H19N3O5S/c1-29-20-11-9-16(13-19(20)25-31(2,27)28)23-22(26)15-8-10-18-17(12-15)21(30-24-18)14-6-4-3-5-7-14/h3-13,25H,1-2H3,(H,23,26). The number of aromatic nitrogens is 1. The Balaban J connectivity index is 1.64. The van der Waals surface area contributed by atoms with E-state index in [1.165, 1.54) is 13.2 Å². The summed E-state index contributed by atoms with van der Waals surface area (Å²) in [4.78, 5) is 12.8. The summed E-state index contributed by atoms with van der Waals surface area (Å²) in [5.41, 5.74) is 2.53. The quantitative estimate of drug-likeness (QED) is 0.469. The second-order valence-electron chi connectivity index (χ2n) is 6.85. The lowest BCUT2D eigenvalue weighted by atomic mass is 10.1. The Bertz CT molecular complexity index is 1360. The van der Waals surface area contributed by atoms with Crippen molar-refractivity contribution in [1.29, 1.82) is 0 Å². The van der Waals surface area contributed by atoms with Gasteiger partial charge in [0.1, 0.15) is 11.3 Å². The van der Waals surface area contributed by atoms with Crippen LogP contribution >= 0.6 is 0 Å². The van der Waals surface area contributed by atoms with E-state index < -0.39 is 10.0 Å². The van der Waals surface area contributed by atoms with Gasteiger partial charge >= 0.3 is 0 Å². The maximum Gasteiger partial charge on any atom is 0.255 e. The van der Waals surface area contributed by atoms with Crippen LogP contribution in [0, 0.1) is 0 Å². The zero-order valence-electron chi connectivity index (χ0n) is 16.7. The molecule has 0 radical (unpaired) electrons. The van der Waals surface area contributed by atoms with Crippen molar-refractivity contribution < 1.29 is 22.5 Å². The number of fused-ring (bicyclic) bond motifs is 1. The number of benzene rings is 3. The Hall–Kier alpha value is -3.85. The third kappa shape index (κ3) is 4.51. The summed E-state index contributed by atoms with van der Waals surface area (Å²) in [7, 11) is -2.09. The molecule has 31 heavy (non-hydrogen) atoms. The first kappa shape index (κ1) is 20.4. The number of carbonyl (C=O) groups is 1. The summed E-state index contributed by atoms with van der Waals surface area (Å²) in [6.07, 6.45) is 1.04. The van der Waals surface area contributed by atoms with Gasteiger partial charge in [-0.25, -0.2) is 8.42 Å². The van der Waals surface area contributed by atoms with Gasteiger partial charge in [-0.05, 0) is 36.4 Å². The number of carbonyl (C=O) groups excluding carboxylic acids is 1. The van der Waals surface area contributed by atoms with Crippen LogP contribution in [0.5, 0.6) is 5.75 Å². The van der Waals surface area contributed by atoms with Gasteiger partial charge in [0.25, 0.3) is 5.91 Å². The molecule has 0 fully saturated rings. The Morgan fingerprint density at radius 1 is 1.03 bits per heavy atom. The second kappa shape index (κ2) is 8.11. The number of amides is 1. The highest BCUT2D eigenvalue weighted by atomic mass is 32.2. The molecule has 0 aliphatic heterocycles. The number of hydrogen-bond acceptors (Lipinski definition) is 6. The Kier molecular flexibility index (Phi) is 5.35. The molecule has 2 N–H and O–H groups in total. The van der Waals surface area contributed by atoms with E-state index >= 15 is 0 Å². The van der Waals surface area contributed by atoms with Crippen LogP contribution in [0.1, 0.15) is 10.4 Å². The van der Waals surface area contributed by atoms with Crippen molar-refractivity contribution in [3.05, 3.63) is 72.3 Å². The molecule has 0 bridgehead atoms. The minimum Gasteiger partial charge on any atom is -0.495 e. The average Bonchev–Trinajstić information content (AvgIpc) is 3.17. The Morgan fingerprint density at radius 3 is 2.52 bits per heavy atom. The lowest BCUT2D eigenvalue weighted by Crippen LogP contribution is -2.13. The molecule has 3 aromatic carbocycles. The summed E-state index contributed by atoms with van der Waals surface area (Å²) in [5, 5.41) is 7.55. The lowest BCUT2D eigenvalue weighted by molar-refractivity contribution is 0.102. The molecule has 0 aliphatic rings. The Morgan fingerprint density at radius 2 is 1.81 bits per heavy atom. The van der Waals surface area contributed by atoms with Crippen molar-refractivity contribution >= 4 is 38.2 Å². The number of hydrogen-bond donors (Lipinski definition) is 2. The van der Waals surface area contributed by atoms with Crippen molar-refractivity contribution in [2.75, 3.05) is 23.4 Å². The van der Waals surface area contributed by atoms with E-state index in [0.717, 1.165) is 11.8 Å². The predicted molar refractivity (Wildman–Crippen MR) is 119 cm³/mol. The van der Waals surface area contributed by atoms with Crippen molar-refractivity contribution in [3.8, 4) is 17.1 Å². The molecule has 1 amide bonds. The van der Waals surface area contributed by atoms with Crippen LogP contribution in [0.15, 0.2) is 71.3 Å². The number of methoxy groups -OCH3 is 1. The summed E-state index contributed by atoms with van der Waals surface area (Å²) in [5.74, 6) is 0.550. The molecule has 8 nitrogen and oxygen atoms in total. The van der Waals surface area contributed by atoms with Gasteiger partial charge in [0, 0.05) is 16.8 Å². The molecule has 0 atom stereocenters. The van der Waals surface area contributed by atoms with Crippen LogP contribution < -0.4 is 14.8 Å². The normalized spacial score (nSPS) is 11.3. The Labute approximate surface area is 178 Å². The molecule has 4 aromatic rings. The van der Waals surface area contributed by atoms with E-state index in [9.17, 15) is 13.2 Å². The first-order valence-electron chi connectivity index (χ1n) is 9.26. The van der Waals surface area contributed by atoms with E-state index in [1.807, 2.05) is 30.3 Å². The average molecular weight is 437 g/mol. The molecule has 158 valence electrons. The number of nitrogens with zero attached hydrogens (tertiary/aromatic N) is 1. The molecule has 0 spiro atoms. The largest absolute Gasteiger partial charge is 0.495 e. The second-order valence-corrected chi connectivity index (χ2v) is 8.60. The first-order chi connectivity index (χ1) is 14.8. The molecule has 0 aliphatic carbocycles. The predicted octanol–water partition coefficient (Wildman–Crippen LogP) is 4.13. The van der Waals surface area contributed by atoms with Gasteiger partial charge in [0.05, 0.1) is 24.4 Å². The fraction of sp³-hybridized carbons (Fsp3) is 0.0909. The SMILES string of the molecule is COc1ccc(NC(=O)c2ccc3noc(-c4ccccc4)c3c2)cc1NS(C)(=O)=O. The van der Waals surface area contributed by atoms with Gasteiger partial charge in [-0.15, -0.1) is 0 Å². The first-order valence-corrected chi connectivity index (χ1v) is 11.2. The van der Waals surface area contributed by atoms with E-state index in [4.69, 9.17) is 9.26 Å². The molecule has 4 rings (SSSR count). The molecule has 0 saturated heterocycles. The summed E-state index contributed by atoms with van der Waals surface area (Å²) < 4.78 is 36.2. The number of anilines is 2. The maximum absolute atomic E-state index is 12.8. The molecule has 0 saturated carbocycles. The summed E-state index contributed by atoms with van der Waals surface area (Å²) in [6.45, 7) is 0. The third-order valence-electron chi connectivity index (χ3n) is 4.53. The minimum absolute atomic E-state index is 0.226. The minimum atomic E-state index is -3.52. The molecular formula is C22H19N3O5S.